The van der Waals surface area contributed by atoms with Crippen LogP contribution >= 0.6 is 0 Å². The molecule has 1 N–H and O–H groups in total. The molecule has 2 aliphatic heterocycles. The zero-order valence-corrected chi connectivity index (χ0v) is 17.0. The van der Waals surface area contributed by atoms with Gasteiger partial charge in [0.25, 0.3) is 10.0 Å². The molecule has 1 aromatic rings. The van der Waals surface area contributed by atoms with E-state index in [1.54, 1.807) is 12.1 Å². The van der Waals surface area contributed by atoms with E-state index >= 15 is 0 Å². The van der Waals surface area contributed by atoms with Gasteiger partial charge in [-0.05, 0) is 43.9 Å². The second-order valence-electron chi connectivity index (χ2n) is 7.73. The third-order valence-corrected chi connectivity index (χ3v) is 7.12. The first-order valence-electron chi connectivity index (χ1n) is 10.2. The number of amides is 1. The molecule has 0 unspecified atom stereocenters. The normalized spacial score (nSPS) is 24.1. The van der Waals surface area contributed by atoms with Gasteiger partial charge in [0.1, 0.15) is 10.7 Å². The number of hydrogen-bond donors (Lipinski definition) is 1. The second kappa shape index (κ2) is 7.83. The number of ether oxygens (including phenoxy) is 1. The molecule has 1 aliphatic carbocycles. The lowest BCUT2D eigenvalue weighted by atomic mass is 10.1. The molecular weight excluding hydrogens is 378 g/mol. The van der Waals surface area contributed by atoms with Crippen molar-refractivity contribution in [2.75, 3.05) is 23.4 Å². The zero-order chi connectivity index (χ0) is 19.7. The fraction of sp³-hybridized carbons (Fsp3) is 0.600. The minimum atomic E-state index is -3.79. The predicted octanol–water partition coefficient (Wildman–Crippen LogP) is 3.31. The number of sulfonamides is 1. The van der Waals surface area contributed by atoms with Crippen LogP contribution in [0.4, 0.5) is 11.4 Å². The molecular formula is C20H27N3O4S. The molecule has 3 aliphatic rings. The summed E-state index contributed by atoms with van der Waals surface area (Å²) in [4.78, 5) is 14.5. The molecule has 8 heteroatoms. The lowest BCUT2D eigenvalue weighted by Gasteiger charge is -2.32. The molecule has 1 saturated carbocycles. The Morgan fingerprint density at radius 3 is 2.71 bits per heavy atom. The van der Waals surface area contributed by atoms with E-state index in [0.29, 0.717) is 30.2 Å². The number of rotatable bonds is 5. The van der Waals surface area contributed by atoms with E-state index in [9.17, 15) is 13.2 Å². The molecule has 0 bridgehead atoms. The number of nitrogens with zero attached hydrogens (tertiary/aromatic N) is 2. The van der Waals surface area contributed by atoms with Crippen LogP contribution in [-0.2, 0) is 19.6 Å². The van der Waals surface area contributed by atoms with E-state index in [-0.39, 0.29) is 22.8 Å². The highest BCUT2D eigenvalue weighted by atomic mass is 32.2. The standard InChI is InChI=1S/C20H27N3O4S/c1-2-19-22-28(25,26)18-12-15(21-20(24)14-6-3-4-7-14)9-10-17(18)23(19)13-16-8-5-11-27-16/h9-10,12,14,16H,2-8,11,13H2,1H3,(H,21,24)/t16-/m1/s1. The molecule has 0 radical (unpaired) electrons. The SMILES string of the molecule is CCC1=NS(=O)(=O)c2cc(NC(=O)C3CCCC3)ccc2N1C[C@H]1CCCO1. The average Bonchev–Trinajstić information content (AvgIpc) is 3.38. The summed E-state index contributed by atoms with van der Waals surface area (Å²) in [6.07, 6.45) is 6.52. The number of carbonyl (C=O) groups excluding carboxylic acids is 1. The van der Waals surface area contributed by atoms with Crippen LogP contribution in [0.3, 0.4) is 0 Å². The maximum Gasteiger partial charge on any atom is 0.286 e. The summed E-state index contributed by atoms with van der Waals surface area (Å²) in [7, 11) is -3.79. The highest BCUT2D eigenvalue weighted by Gasteiger charge is 2.33. The number of amidine groups is 1. The third kappa shape index (κ3) is 3.80. The maximum atomic E-state index is 12.8. The first kappa shape index (κ1) is 19.4. The largest absolute Gasteiger partial charge is 0.376 e. The molecule has 1 aromatic carbocycles. The summed E-state index contributed by atoms with van der Waals surface area (Å²) in [5.41, 5.74) is 1.12. The van der Waals surface area contributed by atoms with Gasteiger partial charge < -0.3 is 15.0 Å². The number of anilines is 2. The van der Waals surface area contributed by atoms with Gasteiger partial charge in [0.15, 0.2) is 0 Å². The number of benzene rings is 1. The topological polar surface area (TPSA) is 88.1 Å². The summed E-state index contributed by atoms with van der Waals surface area (Å²) in [5.74, 6) is 0.527. The summed E-state index contributed by atoms with van der Waals surface area (Å²) in [6, 6.07) is 5.09. The van der Waals surface area contributed by atoms with Crippen LogP contribution in [-0.4, -0.2) is 39.4 Å². The number of hydrogen-bond acceptors (Lipinski definition) is 5. The van der Waals surface area contributed by atoms with Crippen molar-refractivity contribution < 1.29 is 17.9 Å². The van der Waals surface area contributed by atoms with Crippen molar-refractivity contribution in [3.63, 3.8) is 0 Å². The summed E-state index contributed by atoms with van der Waals surface area (Å²) >= 11 is 0. The smallest absolute Gasteiger partial charge is 0.286 e. The van der Waals surface area contributed by atoms with Gasteiger partial charge in [0.05, 0.1) is 18.3 Å². The molecule has 1 amide bonds. The van der Waals surface area contributed by atoms with Gasteiger partial charge in [-0.2, -0.15) is 8.42 Å². The van der Waals surface area contributed by atoms with Gasteiger partial charge in [0.2, 0.25) is 5.91 Å². The van der Waals surface area contributed by atoms with Gasteiger partial charge >= 0.3 is 0 Å². The Hall–Kier alpha value is -1.93. The fourth-order valence-electron chi connectivity index (χ4n) is 4.28. The van der Waals surface area contributed by atoms with E-state index in [0.717, 1.165) is 45.1 Å². The van der Waals surface area contributed by atoms with Crippen molar-refractivity contribution in [2.45, 2.75) is 62.9 Å². The minimum absolute atomic E-state index is 0.0216. The Morgan fingerprint density at radius 2 is 2.04 bits per heavy atom. The van der Waals surface area contributed by atoms with Crippen molar-refractivity contribution >= 4 is 33.1 Å². The second-order valence-corrected chi connectivity index (χ2v) is 9.31. The minimum Gasteiger partial charge on any atom is -0.376 e. The molecule has 7 nitrogen and oxygen atoms in total. The predicted molar refractivity (Wildman–Crippen MR) is 108 cm³/mol. The number of nitrogens with one attached hydrogen (secondary N) is 1. The maximum absolute atomic E-state index is 12.8. The van der Waals surface area contributed by atoms with Crippen LogP contribution in [0.5, 0.6) is 0 Å². The molecule has 1 saturated heterocycles. The molecule has 2 heterocycles. The molecule has 0 spiro atoms. The average molecular weight is 406 g/mol. The highest BCUT2D eigenvalue weighted by molar-refractivity contribution is 7.90. The van der Waals surface area contributed by atoms with Crippen molar-refractivity contribution in [3.8, 4) is 0 Å². The summed E-state index contributed by atoms with van der Waals surface area (Å²) in [5, 5.41) is 2.89. The Balaban J connectivity index is 1.63. The van der Waals surface area contributed by atoms with E-state index in [1.165, 1.54) is 6.07 Å². The van der Waals surface area contributed by atoms with Crippen LogP contribution in [0.1, 0.15) is 51.9 Å². The van der Waals surface area contributed by atoms with Gasteiger partial charge in [0, 0.05) is 24.6 Å². The molecule has 2 fully saturated rings. The van der Waals surface area contributed by atoms with Gasteiger partial charge in [-0.15, -0.1) is 4.40 Å². The third-order valence-electron chi connectivity index (χ3n) is 5.79. The highest BCUT2D eigenvalue weighted by Crippen LogP contribution is 2.36. The van der Waals surface area contributed by atoms with E-state index < -0.39 is 10.0 Å². The van der Waals surface area contributed by atoms with Gasteiger partial charge in [-0.25, -0.2) is 0 Å². The van der Waals surface area contributed by atoms with E-state index in [1.807, 2.05) is 11.8 Å². The first-order chi connectivity index (χ1) is 13.5. The van der Waals surface area contributed by atoms with Crippen LogP contribution in [0, 0.1) is 5.92 Å². The van der Waals surface area contributed by atoms with Crippen LogP contribution in [0.2, 0.25) is 0 Å². The van der Waals surface area contributed by atoms with E-state index in [4.69, 9.17) is 4.74 Å². The van der Waals surface area contributed by atoms with Crippen molar-refractivity contribution in [2.24, 2.45) is 10.3 Å². The Labute approximate surface area is 166 Å². The first-order valence-corrected chi connectivity index (χ1v) is 11.6. The van der Waals surface area contributed by atoms with Crippen LogP contribution < -0.4 is 10.2 Å². The monoisotopic (exact) mass is 405 g/mol. The lowest BCUT2D eigenvalue weighted by molar-refractivity contribution is -0.119. The van der Waals surface area contributed by atoms with Crippen molar-refractivity contribution in [3.05, 3.63) is 18.2 Å². The Kier molecular flexibility index (Phi) is 5.42. The summed E-state index contributed by atoms with van der Waals surface area (Å²) in [6.45, 7) is 3.23. The molecule has 4 rings (SSSR count). The van der Waals surface area contributed by atoms with Crippen LogP contribution in [0.25, 0.3) is 0 Å². The van der Waals surface area contributed by atoms with Gasteiger partial charge in [-0.3, -0.25) is 4.79 Å². The summed E-state index contributed by atoms with van der Waals surface area (Å²) < 4.78 is 35.3. The van der Waals surface area contributed by atoms with Gasteiger partial charge in [-0.1, -0.05) is 19.8 Å². The van der Waals surface area contributed by atoms with Crippen LogP contribution in [0.15, 0.2) is 27.5 Å². The lowest BCUT2D eigenvalue weighted by Crippen LogP contribution is -2.40. The number of carbonyl (C=O) groups is 1. The van der Waals surface area contributed by atoms with Crippen molar-refractivity contribution in [1.29, 1.82) is 0 Å². The fourth-order valence-corrected chi connectivity index (χ4v) is 5.60. The quantitative estimate of drug-likeness (QED) is 0.812. The Bertz CT molecular complexity index is 885. The van der Waals surface area contributed by atoms with Crippen molar-refractivity contribution in [1.82, 2.24) is 0 Å². The Morgan fingerprint density at radius 1 is 1.25 bits per heavy atom. The molecule has 1 atom stereocenters. The molecule has 0 aromatic heterocycles. The molecule has 152 valence electrons. The van der Waals surface area contributed by atoms with E-state index in [2.05, 4.69) is 9.71 Å². The molecule has 28 heavy (non-hydrogen) atoms. The number of fused-ring (bicyclic) bond motifs is 1. The zero-order valence-electron chi connectivity index (χ0n) is 16.2.